The van der Waals surface area contributed by atoms with Gasteiger partial charge >= 0.3 is 0 Å². The fraction of sp³-hybridized carbons (Fsp3) is 0.333. The molecule has 2 saturated heterocycles. The Morgan fingerprint density at radius 1 is 0.528 bits per heavy atom. The van der Waals surface area contributed by atoms with Crippen molar-refractivity contribution in [3.05, 3.63) is 213 Å². The van der Waals surface area contributed by atoms with Gasteiger partial charge in [-0.25, -0.2) is 8.78 Å². The predicted octanol–water partition coefficient (Wildman–Crippen LogP) is 12.7. The summed E-state index contributed by atoms with van der Waals surface area (Å²) >= 11 is 38.8. The van der Waals surface area contributed by atoms with Crippen molar-refractivity contribution in [3.63, 3.8) is 0 Å². The molecule has 2 N–H and O–H groups in total. The Hall–Kier alpha value is -5.80. The maximum Gasteiger partial charge on any atom is 0.272 e. The molecule has 4 amide bonds. The van der Waals surface area contributed by atoms with E-state index in [0.717, 1.165) is 91.4 Å². The van der Waals surface area contributed by atoms with Gasteiger partial charge in [-0.1, -0.05) is 170 Å². The molecule has 2 aliphatic carbocycles. The highest BCUT2D eigenvalue weighted by Crippen LogP contribution is 2.40. The zero-order valence-corrected chi connectivity index (χ0v) is 54.4. The number of alkyl halides is 6. The summed E-state index contributed by atoms with van der Waals surface area (Å²) in [6, 6.07) is 44.2. The van der Waals surface area contributed by atoms with Crippen LogP contribution in [0.25, 0.3) is 0 Å². The highest BCUT2D eigenvalue weighted by molar-refractivity contribution is 9.10. The first kappa shape index (κ1) is 67.6. The summed E-state index contributed by atoms with van der Waals surface area (Å²) < 4.78 is 47.4. The van der Waals surface area contributed by atoms with Crippen molar-refractivity contribution in [2.75, 3.05) is 102 Å². The van der Waals surface area contributed by atoms with Gasteiger partial charge in [-0.15, -0.1) is 0 Å². The molecular weight excluding hydrogens is 1340 g/mol. The van der Waals surface area contributed by atoms with Crippen molar-refractivity contribution >= 4 is 121 Å². The van der Waals surface area contributed by atoms with Crippen molar-refractivity contribution < 1.29 is 46.9 Å². The van der Waals surface area contributed by atoms with Crippen molar-refractivity contribution in [2.24, 2.45) is 0 Å². The second kappa shape index (κ2) is 31.0. The Balaban J connectivity index is 0.000000211. The van der Waals surface area contributed by atoms with E-state index >= 15 is 0 Å². The number of carbonyl (C=O) groups is 4. The van der Waals surface area contributed by atoms with Gasteiger partial charge in [0, 0.05) is 91.5 Å². The van der Waals surface area contributed by atoms with Crippen LogP contribution in [0.2, 0.25) is 0 Å². The van der Waals surface area contributed by atoms with Crippen LogP contribution >= 0.6 is 85.5 Å². The van der Waals surface area contributed by atoms with E-state index in [1.807, 2.05) is 109 Å². The Bertz CT molecular complexity index is 3480. The molecule has 89 heavy (non-hydrogen) atoms. The quantitative estimate of drug-likeness (QED) is 0.0498. The van der Waals surface area contributed by atoms with Gasteiger partial charge in [0.15, 0.2) is 11.6 Å². The molecule has 0 bridgehead atoms. The molecule has 2 aliphatic heterocycles. The maximum absolute atomic E-state index is 14.2. The number of ether oxygens (including phenoxy) is 4. The number of morpholine rings is 2. The normalized spacial score (nSPS) is 18.5. The van der Waals surface area contributed by atoms with E-state index in [2.05, 4.69) is 36.4 Å². The van der Waals surface area contributed by atoms with Crippen LogP contribution in [-0.2, 0) is 31.9 Å². The van der Waals surface area contributed by atoms with Gasteiger partial charge in [0.25, 0.3) is 31.2 Å². The van der Waals surface area contributed by atoms with Crippen molar-refractivity contribution in [1.29, 1.82) is 0 Å². The largest absolute Gasteiger partial charge is 0.492 e. The summed E-state index contributed by atoms with van der Waals surface area (Å²) in [6.45, 7) is 9.21. The zero-order valence-electron chi connectivity index (χ0n) is 48.3. The van der Waals surface area contributed by atoms with E-state index in [1.165, 1.54) is 11.0 Å². The summed E-state index contributed by atoms with van der Waals surface area (Å²) in [5, 5.41) is 5.79. The molecule has 0 radical (unpaired) electrons. The minimum atomic E-state index is -2.16. The fourth-order valence-electron chi connectivity index (χ4n) is 10.9. The lowest BCUT2D eigenvalue weighted by Crippen LogP contribution is -2.57. The van der Waals surface area contributed by atoms with Crippen LogP contribution in [-0.4, -0.2) is 144 Å². The van der Waals surface area contributed by atoms with Crippen LogP contribution in [0.4, 0.5) is 20.2 Å². The average Bonchev–Trinajstić information content (AvgIpc) is 3.44. The molecule has 2 heterocycles. The number of anilines is 2. The molecule has 6 aromatic rings. The van der Waals surface area contributed by atoms with Crippen LogP contribution in [0.1, 0.15) is 44.7 Å². The van der Waals surface area contributed by atoms with Gasteiger partial charge in [0.05, 0.1) is 37.5 Å². The minimum absolute atomic E-state index is 0.0208. The topological polar surface area (TPSA) is 142 Å². The van der Waals surface area contributed by atoms with Crippen LogP contribution in [0, 0.1) is 11.6 Å². The highest BCUT2D eigenvalue weighted by atomic mass is 79.9. The van der Waals surface area contributed by atoms with E-state index < -0.39 is 48.0 Å². The molecule has 23 heteroatoms. The standard InChI is InChI=1S/C33H33BrCl3N3O4.C33H32Cl3F2N3O4/c34-27-11-9-26(10-12-27)30(41)40(28-7-4-8-29(19-28)44-18-15-39-13-16-43-17-14-39)23-25-21-32(22-25,38-31(42)33(35,36)37)20-24-5-2-1-3-6-24;34-33(35,36)31(43)39-32(19-23-5-2-1-3-6-23)20-24(21-32)22-41(30(42)25-9-10-28(37)29(38)17-25)26-7-4-8-27(18-26)45-16-13-40-11-14-44-15-12-40/h1-12,19,21H,13-18,20,22-23H2,(H,38,42);1-10,17-18,20H,11-16,19,21-22H2,(H,39,43). The Kier molecular flexibility index (Phi) is 23.6. The first-order valence-electron chi connectivity index (χ1n) is 28.8. The van der Waals surface area contributed by atoms with Crippen molar-refractivity contribution in [3.8, 4) is 11.5 Å². The molecule has 10 rings (SSSR count). The third-order valence-corrected chi connectivity index (χ3v) is 16.9. The van der Waals surface area contributed by atoms with Crippen LogP contribution in [0.15, 0.2) is 179 Å². The second-order valence-corrected chi connectivity index (χ2v) is 27.5. The highest BCUT2D eigenvalue weighted by Gasteiger charge is 2.45. The van der Waals surface area contributed by atoms with E-state index in [4.69, 9.17) is 88.6 Å². The van der Waals surface area contributed by atoms with Crippen LogP contribution in [0.3, 0.4) is 0 Å². The molecule has 2 unspecified atom stereocenters. The number of nitrogens with zero attached hydrogens (tertiary/aromatic N) is 4. The van der Waals surface area contributed by atoms with E-state index in [1.54, 1.807) is 41.3 Å². The Morgan fingerprint density at radius 2 is 0.933 bits per heavy atom. The molecule has 4 aliphatic rings. The van der Waals surface area contributed by atoms with Crippen LogP contribution in [0.5, 0.6) is 11.5 Å². The monoisotopic (exact) mass is 1400 g/mol. The van der Waals surface area contributed by atoms with Gasteiger partial charge in [0.1, 0.15) is 24.7 Å². The second-order valence-electron chi connectivity index (χ2n) is 22.0. The lowest BCUT2D eigenvalue weighted by molar-refractivity contribution is -0.122. The number of benzene rings is 6. The Labute approximate surface area is 555 Å². The molecule has 470 valence electrons. The zero-order chi connectivity index (χ0) is 63.2. The smallest absolute Gasteiger partial charge is 0.272 e. The minimum Gasteiger partial charge on any atom is -0.492 e. The van der Waals surface area contributed by atoms with E-state index in [-0.39, 0.29) is 18.0 Å². The summed E-state index contributed by atoms with van der Waals surface area (Å²) in [5.74, 6) is -3.10. The third-order valence-electron chi connectivity index (χ3n) is 15.3. The fourth-order valence-corrected chi connectivity index (χ4v) is 11.5. The molecule has 6 aromatic carbocycles. The van der Waals surface area contributed by atoms with Crippen LogP contribution < -0.4 is 29.9 Å². The number of hydrogen-bond acceptors (Lipinski definition) is 10. The van der Waals surface area contributed by atoms with Gasteiger partial charge in [0.2, 0.25) is 0 Å². The summed E-state index contributed by atoms with van der Waals surface area (Å²) in [5.41, 5.74) is 3.87. The number of rotatable bonds is 22. The van der Waals surface area contributed by atoms with Gasteiger partial charge in [-0.3, -0.25) is 29.0 Å². The first-order valence-corrected chi connectivity index (χ1v) is 31.9. The summed E-state index contributed by atoms with van der Waals surface area (Å²) in [7, 11) is 0. The lowest BCUT2D eigenvalue weighted by Gasteiger charge is -2.43. The van der Waals surface area contributed by atoms with Gasteiger partial charge < -0.3 is 39.4 Å². The molecule has 0 aromatic heterocycles. The number of halogens is 9. The summed E-state index contributed by atoms with van der Waals surface area (Å²) in [6.07, 6.45) is 5.59. The number of amides is 4. The molecule has 2 fully saturated rings. The Morgan fingerprint density at radius 3 is 1.34 bits per heavy atom. The lowest BCUT2D eigenvalue weighted by atomic mass is 9.74. The third kappa shape index (κ3) is 19.4. The van der Waals surface area contributed by atoms with Crippen molar-refractivity contribution in [2.45, 2.75) is 44.3 Å². The molecule has 0 spiro atoms. The predicted molar refractivity (Wildman–Crippen MR) is 350 cm³/mol. The molecule has 2 atom stereocenters. The molecular formula is C66H65BrCl6F2N6O8. The SMILES string of the molecule is O=C(c1ccc(Br)cc1)N(CC1=CC(Cc2ccccc2)(NC(=O)C(Cl)(Cl)Cl)C1)c1cccc(OCCN2CCOCC2)c1.O=C(c1ccc(F)c(F)c1)N(CC1=CC(Cc2ccccc2)(NC(=O)C(Cl)(Cl)Cl)C1)c1cccc(OCCN2CCOCC2)c1. The molecule has 0 saturated carbocycles. The molecule has 14 nitrogen and oxygen atoms in total. The van der Waals surface area contributed by atoms with Gasteiger partial charge in [-0.05, 0) is 115 Å². The summed E-state index contributed by atoms with van der Waals surface area (Å²) in [4.78, 5) is 60.9. The number of carbonyl (C=O) groups excluding carboxylic acids is 4. The maximum atomic E-state index is 14.2. The number of nitrogens with one attached hydrogen (secondary N) is 2. The number of hydrogen-bond donors (Lipinski definition) is 2. The van der Waals surface area contributed by atoms with E-state index in [0.29, 0.717) is 87.1 Å². The van der Waals surface area contributed by atoms with Crippen molar-refractivity contribution in [1.82, 2.24) is 20.4 Å². The van der Waals surface area contributed by atoms with Gasteiger partial charge in [-0.2, -0.15) is 0 Å². The first-order chi connectivity index (χ1) is 42.6. The average molecular weight is 1400 g/mol. The van der Waals surface area contributed by atoms with E-state index in [9.17, 15) is 28.0 Å².